The van der Waals surface area contributed by atoms with Crippen LogP contribution in [0.1, 0.15) is 41.0 Å². The van der Waals surface area contributed by atoms with E-state index in [1.54, 1.807) is 7.05 Å². The van der Waals surface area contributed by atoms with E-state index >= 15 is 0 Å². The van der Waals surface area contributed by atoms with Crippen LogP contribution in [0.4, 0.5) is 0 Å². The molecule has 0 rings (SSSR count). The molecule has 0 spiro atoms. The highest BCUT2D eigenvalue weighted by Crippen LogP contribution is 2.16. The Hall–Kier alpha value is -0.610. The van der Waals surface area contributed by atoms with E-state index in [0.717, 1.165) is 13.1 Å². The largest absolute Gasteiger partial charge is 0.378 e. The van der Waals surface area contributed by atoms with Crippen molar-refractivity contribution in [1.82, 2.24) is 10.2 Å². The van der Waals surface area contributed by atoms with Crippen molar-refractivity contribution in [2.45, 2.75) is 47.3 Å². The van der Waals surface area contributed by atoms with Gasteiger partial charge in [-0.3, -0.25) is 9.69 Å². The molecule has 0 saturated heterocycles. The number of aliphatic hydroxyl groups excluding tert-OH is 1. The molecular weight excluding hydrogens is 228 g/mol. The van der Waals surface area contributed by atoms with E-state index in [0.29, 0.717) is 18.3 Å². The molecule has 2 atom stereocenters. The molecular formula is C14H30N2O2. The Labute approximate surface area is 112 Å². The molecule has 0 aromatic rings. The molecule has 0 heterocycles. The molecule has 0 aliphatic carbocycles. The molecule has 0 bridgehead atoms. The summed E-state index contributed by atoms with van der Waals surface area (Å²) < 4.78 is 0. The van der Waals surface area contributed by atoms with Gasteiger partial charge in [-0.05, 0) is 18.3 Å². The van der Waals surface area contributed by atoms with Crippen molar-refractivity contribution in [3.8, 4) is 0 Å². The number of nitrogens with one attached hydrogen (secondary N) is 1. The maximum Gasteiger partial charge on any atom is 0.226 e. The predicted octanol–water partition coefficient (Wildman–Crippen LogP) is 1.69. The monoisotopic (exact) mass is 258 g/mol. The Morgan fingerprint density at radius 3 is 1.89 bits per heavy atom. The lowest BCUT2D eigenvalue weighted by Gasteiger charge is -2.34. The minimum Gasteiger partial charge on any atom is -0.378 e. The van der Waals surface area contributed by atoms with Gasteiger partial charge in [0.05, 0.1) is 5.92 Å². The summed E-state index contributed by atoms with van der Waals surface area (Å²) in [6, 6.07) is 0. The van der Waals surface area contributed by atoms with Gasteiger partial charge in [0.15, 0.2) is 0 Å². The summed E-state index contributed by atoms with van der Waals surface area (Å²) in [4.78, 5) is 13.8. The van der Waals surface area contributed by atoms with Crippen molar-refractivity contribution in [3.05, 3.63) is 0 Å². The SMILES string of the molecule is CCC(C(=O)NC)C(O)N(CC(C)C)CC(C)C. The second-order valence-corrected chi connectivity index (χ2v) is 5.78. The fourth-order valence-electron chi connectivity index (χ4n) is 2.20. The molecule has 2 N–H and O–H groups in total. The molecule has 0 aliphatic rings. The third-order valence-corrected chi connectivity index (χ3v) is 2.96. The Balaban J connectivity index is 4.78. The molecule has 4 heteroatoms. The van der Waals surface area contributed by atoms with Gasteiger partial charge in [-0.15, -0.1) is 0 Å². The highest BCUT2D eigenvalue weighted by molar-refractivity contribution is 5.78. The molecule has 2 unspecified atom stereocenters. The lowest BCUT2D eigenvalue weighted by atomic mass is 10.0. The summed E-state index contributed by atoms with van der Waals surface area (Å²) in [5.74, 6) is 0.510. The van der Waals surface area contributed by atoms with Crippen molar-refractivity contribution in [3.63, 3.8) is 0 Å². The zero-order chi connectivity index (χ0) is 14.3. The van der Waals surface area contributed by atoms with Crippen LogP contribution in [0.25, 0.3) is 0 Å². The number of carbonyl (C=O) groups excluding carboxylic acids is 1. The lowest BCUT2D eigenvalue weighted by molar-refractivity contribution is -0.135. The fraction of sp³-hybridized carbons (Fsp3) is 0.929. The van der Waals surface area contributed by atoms with Crippen LogP contribution in [0.3, 0.4) is 0 Å². The smallest absolute Gasteiger partial charge is 0.226 e. The average Bonchev–Trinajstić information content (AvgIpc) is 2.27. The first-order valence-electron chi connectivity index (χ1n) is 6.97. The zero-order valence-electron chi connectivity index (χ0n) is 12.7. The molecule has 108 valence electrons. The second-order valence-electron chi connectivity index (χ2n) is 5.78. The van der Waals surface area contributed by atoms with Gasteiger partial charge in [0.2, 0.25) is 5.91 Å². The first-order chi connectivity index (χ1) is 8.33. The van der Waals surface area contributed by atoms with Gasteiger partial charge in [-0.2, -0.15) is 0 Å². The highest BCUT2D eigenvalue weighted by Gasteiger charge is 2.29. The number of carbonyl (C=O) groups is 1. The van der Waals surface area contributed by atoms with Crippen LogP contribution in [0, 0.1) is 17.8 Å². The summed E-state index contributed by atoms with van der Waals surface area (Å²) in [5, 5.41) is 13.1. The van der Waals surface area contributed by atoms with Gasteiger partial charge in [-0.25, -0.2) is 0 Å². The lowest BCUT2D eigenvalue weighted by Crippen LogP contribution is -2.48. The normalized spacial score (nSPS) is 15.2. The molecule has 0 aliphatic heterocycles. The third kappa shape index (κ3) is 5.83. The average molecular weight is 258 g/mol. The Morgan fingerprint density at radius 2 is 1.61 bits per heavy atom. The number of hydrogen-bond acceptors (Lipinski definition) is 3. The maximum absolute atomic E-state index is 11.8. The molecule has 18 heavy (non-hydrogen) atoms. The van der Waals surface area contributed by atoms with E-state index in [-0.39, 0.29) is 11.8 Å². The van der Waals surface area contributed by atoms with Gasteiger partial charge in [0.25, 0.3) is 0 Å². The molecule has 0 fully saturated rings. The van der Waals surface area contributed by atoms with E-state index in [2.05, 4.69) is 33.0 Å². The summed E-state index contributed by atoms with van der Waals surface area (Å²) >= 11 is 0. The predicted molar refractivity (Wildman–Crippen MR) is 75.1 cm³/mol. The molecule has 4 nitrogen and oxygen atoms in total. The van der Waals surface area contributed by atoms with Crippen LogP contribution in [0.15, 0.2) is 0 Å². The van der Waals surface area contributed by atoms with Crippen molar-refractivity contribution in [2.24, 2.45) is 17.8 Å². The molecule has 0 saturated carbocycles. The Bertz CT molecular complexity index is 232. The van der Waals surface area contributed by atoms with E-state index in [1.807, 2.05) is 11.8 Å². The number of amides is 1. The quantitative estimate of drug-likeness (QED) is 0.651. The van der Waals surface area contributed by atoms with Crippen LogP contribution in [-0.2, 0) is 4.79 Å². The van der Waals surface area contributed by atoms with Crippen molar-refractivity contribution in [1.29, 1.82) is 0 Å². The van der Waals surface area contributed by atoms with E-state index in [4.69, 9.17) is 0 Å². The summed E-state index contributed by atoms with van der Waals surface area (Å²) in [5.41, 5.74) is 0. The van der Waals surface area contributed by atoms with Crippen molar-refractivity contribution in [2.75, 3.05) is 20.1 Å². The zero-order valence-corrected chi connectivity index (χ0v) is 12.7. The van der Waals surface area contributed by atoms with Crippen LogP contribution in [0.2, 0.25) is 0 Å². The third-order valence-electron chi connectivity index (χ3n) is 2.96. The molecule has 0 aromatic carbocycles. The summed E-state index contributed by atoms with van der Waals surface area (Å²) in [6.07, 6.45) is -0.0483. The van der Waals surface area contributed by atoms with E-state index in [9.17, 15) is 9.90 Å². The maximum atomic E-state index is 11.8. The van der Waals surface area contributed by atoms with Crippen molar-refractivity contribution < 1.29 is 9.90 Å². The van der Waals surface area contributed by atoms with Gasteiger partial charge < -0.3 is 10.4 Å². The van der Waals surface area contributed by atoms with Crippen LogP contribution in [-0.4, -0.2) is 42.3 Å². The van der Waals surface area contributed by atoms with E-state index < -0.39 is 6.23 Å². The number of rotatable bonds is 8. The first kappa shape index (κ1) is 17.4. The summed E-state index contributed by atoms with van der Waals surface area (Å²) in [7, 11) is 1.62. The van der Waals surface area contributed by atoms with Gasteiger partial charge in [0, 0.05) is 20.1 Å². The first-order valence-corrected chi connectivity index (χ1v) is 6.97. The van der Waals surface area contributed by atoms with Crippen LogP contribution < -0.4 is 5.32 Å². The van der Waals surface area contributed by atoms with Gasteiger partial charge >= 0.3 is 0 Å². The number of aliphatic hydroxyl groups is 1. The Morgan fingerprint density at radius 1 is 1.17 bits per heavy atom. The topological polar surface area (TPSA) is 52.6 Å². The number of hydrogen-bond donors (Lipinski definition) is 2. The summed E-state index contributed by atoms with van der Waals surface area (Å²) in [6.45, 7) is 12.1. The Kier molecular flexibility index (Phi) is 8.20. The minimum atomic E-state index is -0.695. The van der Waals surface area contributed by atoms with Crippen molar-refractivity contribution >= 4 is 5.91 Å². The van der Waals surface area contributed by atoms with Crippen LogP contribution >= 0.6 is 0 Å². The van der Waals surface area contributed by atoms with Crippen LogP contribution in [0.5, 0.6) is 0 Å². The molecule has 1 amide bonds. The number of nitrogens with zero attached hydrogens (tertiary/aromatic N) is 1. The fourth-order valence-corrected chi connectivity index (χ4v) is 2.20. The minimum absolute atomic E-state index is 0.0810. The van der Waals surface area contributed by atoms with Gasteiger partial charge in [0.1, 0.15) is 6.23 Å². The highest BCUT2D eigenvalue weighted by atomic mass is 16.3. The molecule has 0 radical (unpaired) electrons. The van der Waals surface area contributed by atoms with Gasteiger partial charge in [-0.1, -0.05) is 34.6 Å². The van der Waals surface area contributed by atoms with E-state index in [1.165, 1.54) is 0 Å². The molecule has 0 aromatic heterocycles. The standard InChI is InChI=1S/C14H30N2O2/c1-7-12(13(17)15-6)14(18)16(8-10(2)3)9-11(4)5/h10-12,14,18H,7-9H2,1-6H3,(H,15,17). The second kappa shape index (κ2) is 8.48.